The minimum Gasteiger partial charge on any atom is -0.493 e. The van der Waals surface area contributed by atoms with Crippen LogP contribution in [-0.2, 0) is 4.79 Å². The van der Waals surface area contributed by atoms with Crippen molar-refractivity contribution in [3.8, 4) is 17.2 Å². The van der Waals surface area contributed by atoms with Crippen LogP contribution in [0.15, 0.2) is 70.4 Å². The van der Waals surface area contributed by atoms with Crippen LogP contribution < -0.4 is 19.6 Å². The van der Waals surface area contributed by atoms with E-state index >= 15 is 0 Å². The van der Waals surface area contributed by atoms with E-state index in [-0.39, 0.29) is 18.1 Å². The van der Waals surface area contributed by atoms with Crippen molar-refractivity contribution in [2.24, 2.45) is 5.10 Å². The Hall–Kier alpha value is -3.78. The average molecular weight is 429 g/mol. The molecule has 3 aromatic rings. The Morgan fingerprint density at radius 2 is 1.93 bits per heavy atom. The Balaban J connectivity index is 1.55. The first-order valence-corrected chi connectivity index (χ1v) is 9.07. The largest absolute Gasteiger partial charge is 0.493 e. The number of furan rings is 1. The molecule has 0 saturated carbocycles. The van der Waals surface area contributed by atoms with Gasteiger partial charge in [0.2, 0.25) is 5.76 Å². The summed E-state index contributed by atoms with van der Waals surface area (Å²) < 4.78 is 20.8. The first kappa shape index (κ1) is 20.9. The van der Waals surface area contributed by atoms with Gasteiger partial charge in [0, 0.05) is 0 Å². The van der Waals surface area contributed by atoms with Gasteiger partial charge in [-0.1, -0.05) is 23.7 Å². The van der Waals surface area contributed by atoms with Gasteiger partial charge in [0.1, 0.15) is 5.75 Å². The fraction of sp³-hybridized carbons (Fsp3) is 0.0952. The summed E-state index contributed by atoms with van der Waals surface area (Å²) in [6, 6.07) is 14.7. The molecular formula is C21H17ClN2O6. The summed E-state index contributed by atoms with van der Waals surface area (Å²) in [6.07, 6.45) is 2.79. The van der Waals surface area contributed by atoms with Crippen LogP contribution >= 0.6 is 11.6 Å². The van der Waals surface area contributed by atoms with E-state index in [4.69, 9.17) is 30.2 Å². The summed E-state index contributed by atoms with van der Waals surface area (Å²) >= 11 is 5.96. The van der Waals surface area contributed by atoms with Crippen LogP contribution in [0, 0.1) is 0 Å². The number of carbonyl (C=O) groups is 2. The third-order valence-corrected chi connectivity index (χ3v) is 4.02. The van der Waals surface area contributed by atoms with Crippen molar-refractivity contribution in [3.63, 3.8) is 0 Å². The Morgan fingerprint density at radius 1 is 1.10 bits per heavy atom. The van der Waals surface area contributed by atoms with Crippen LogP contribution in [-0.4, -0.2) is 31.8 Å². The number of rotatable bonds is 8. The number of para-hydroxylation sites is 1. The predicted octanol–water partition coefficient (Wildman–Crippen LogP) is 3.69. The number of hydrogen-bond acceptors (Lipinski definition) is 7. The van der Waals surface area contributed by atoms with Crippen molar-refractivity contribution < 1.29 is 28.2 Å². The summed E-state index contributed by atoms with van der Waals surface area (Å²) in [7, 11) is 1.44. The minimum atomic E-state index is -0.648. The van der Waals surface area contributed by atoms with Gasteiger partial charge in [0.05, 0.1) is 24.6 Å². The van der Waals surface area contributed by atoms with Gasteiger partial charge in [-0.15, -0.1) is 0 Å². The Kier molecular flexibility index (Phi) is 7.07. The van der Waals surface area contributed by atoms with Gasteiger partial charge < -0.3 is 18.6 Å². The molecule has 0 radical (unpaired) electrons. The molecule has 0 spiro atoms. The highest BCUT2D eigenvalue weighted by atomic mass is 35.5. The first-order chi connectivity index (χ1) is 14.6. The Morgan fingerprint density at radius 3 is 2.67 bits per heavy atom. The van der Waals surface area contributed by atoms with Gasteiger partial charge in [-0.25, -0.2) is 10.2 Å². The highest BCUT2D eigenvalue weighted by Crippen LogP contribution is 2.28. The highest BCUT2D eigenvalue weighted by molar-refractivity contribution is 6.32. The van der Waals surface area contributed by atoms with Crippen LogP contribution in [0.1, 0.15) is 16.1 Å². The molecule has 0 aliphatic heterocycles. The monoisotopic (exact) mass is 428 g/mol. The molecular weight excluding hydrogens is 412 g/mol. The van der Waals surface area contributed by atoms with E-state index in [9.17, 15) is 9.59 Å². The molecule has 0 fully saturated rings. The Labute approximate surface area is 177 Å². The van der Waals surface area contributed by atoms with E-state index in [1.165, 1.54) is 25.7 Å². The zero-order chi connectivity index (χ0) is 21.3. The van der Waals surface area contributed by atoms with Crippen molar-refractivity contribution in [1.82, 2.24) is 5.43 Å². The number of ether oxygens (including phenoxy) is 3. The third kappa shape index (κ3) is 5.62. The van der Waals surface area contributed by atoms with Crippen molar-refractivity contribution in [2.75, 3.05) is 13.7 Å². The maximum Gasteiger partial charge on any atom is 0.379 e. The highest BCUT2D eigenvalue weighted by Gasteiger charge is 2.15. The molecule has 0 unspecified atom stereocenters. The number of halogens is 1. The lowest BCUT2D eigenvalue weighted by atomic mass is 10.2. The van der Waals surface area contributed by atoms with Crippen LogP contribution in [0.5, 0.6) is 17.2 Å². The molecule has 3 rings (SSSR count). The molecule has 1 amide bonds. The van der Waals surface area contributed by atoms with Gasteiger partial charge in [-0.2, -0.15) is 5.10 Å². The first-order valence-electron chi connectivity index (χ1n) is 8.70. The molecule has 30 heavy (non-hydrogen) atoms. The van der Waals surface area contributed by atoms with Crippen LogP contribution in [0.2, 0.25) is 5.02 Å². The van der Waals surface area contributed by atoms with E-state index in [0.717, 1.165) is 0 Å². The van der Waals surface area contributed by atoms with Gasteiger partial charge >= 0.3 is 5.97 Å². The van der Waals surface area contributed by atoms with E-state index in [0.29, 0.717) is 22.1 Å². The maximum atomic E-state index is 12.0. The van der Waals surface area contributed by atoms with Crippen LogP contribution in [0.4, 0.5) is 0 Å². The van der Waals surface area contributed by atoms with Gasteiger partial charge in [0.25, 0.3) is 5.91 Å². The fourth-order valence-electron chi connectivity index (χ4n) is 2.31. The molecule has 9 heteroatoms. The van der Waals surface area contributed by atoms with E-state index in [1.807, 2.05) is 0 Å². The van der Waals surface area contributed by atoms with Gasteiger partial charge in [-0.05, 0) is 48.0 Å². The summed E-state index contributed by atoms with van der Waals surface area (Å²) in [5.74, 6) is -0.0970. The number of carbonyl (C=O) groups excluding carboxylic acids is 2. The topological polar surface area (TPSA) is 99.4 Å². The SMILES string of the molecule is COc1cc(/C=N\NC(=O)COc2ccccc2Cl)ccc1OC(=O)c1ccco1. The number of benzene rings is 2. The fourth-order valence-corrected chi connectivity index (χ4v) is 2.50. The molecule has 154 valence electrons. The molecule has 1 N–H and O–H groups in total. The van der Waals surface area contributed by atoms with Crippen LogP contribution in [0.3, 0.4) is 0 Å². The van der Waals surface area contributed by atoms with E-state index < -0.39 is 11.9 Å². The van der Waals surface area contributed by atoms with Crippen molar-refractivity contribution in [1.29, 1.82) is 0 Å². The molecule has 0 aliphatic rings. The summed E-state index contributed by atoms with van der Waals surface area (Å²) in [6.45, 7) is -0.244. The lowest BCUT2D eigenvalue weighted by Gasteiger charge is -2.09. The quantitative estimate of drug-likeness (QED) is 0.254. The van der Waals surface area contributed by atoms with Crippen LogP contribution in [0.25, 0.3) is 0 Å². The van der Waals surface area contributed by atoms with E-state index in [1.54, 1.807) is 48.5 Å². The summed E-state index contributed by atoms with van der Waals surface area (Å²) in [4.78, 5) is 23.8. The molecule has 0 saturated heterocycles. The number of nitrogens with zero attached hydrogens (tertiary/aromatic N) is 1. The molecule has 0 aliphatic carbocycles. The smallest absolute Gasteiger partial charge is 0.379 e. The predicted molar refractivity (Wildman–Crippen MR) is 109 cm³/mol. The van der Waals surface area contributed by atoms with Gasteiger partial charge in [-0.3, -0.25) is 4.79 Å². The number of nitrogens with one attached hydrogen (secondary N) is 1. The summed E-state index contributed by atoms with van der Waals surface area (Å²) in [5, 5.41) is 4.28. The lowest BCUT2D eigenvalue weighted by molar-refractivity contribution is -0.123. The zero-order valence-corrected chi connectivity index (χ0v) is 16.6. The number of hydrazone groups is 1. The standard InChI is InChI=1S/C21H17ClN2O6/c1-27-19-11-14(8-9-17(19)30-21(26)18-7-4-10-28-18)12-23-24-20(25)13-29-16-6-3-2-5-15(16)22/h2-12H,13H2,1H3,(H,24,25)/b23-12-. The lowest BCUT2D eigenvalue weighted by Crippen LogP contribution is -2.24. The normalized spacial score (nSPS) is 10.6. The second-order valence-electron chi connectivity index (χ2n) is 5.79. The van der Waals surface area contributed by atoms with Crippen molar-refractivity contribution in [3.05, 3.63) is 77.2 Å². The van der Waals surface area contributed by atoms with Crippen molar-refractivity contribution >= 4 is 29.7 Å². The second kappa shape index (κ2) is 10.1. The number of methoxy groups -OCH3 is 1. The minimum absolute atomic E-state index is 0.0735. The number of amides is 1. The number of esters is 1. The average Bonchev–Trinajstić information content (AvgIpc) is 3.29. The van der Waals surface area contributed by atoms with Gasteiger partial charge in [0.15, 0.2) is 18.1 Å². The zero-order valence-electron chi connectivity index (χ0n) is 15.8. The Bertz CT molecular complexity index is 1050. The molecule has 0 bridgehead atoms. The molecule has 0 atom stereocenters. The van der Waals surface area contributed by atoms with Crippen molar-refractivity contribution in [2.45, 2.75) is 0 Å². The summed E-state index contributed by atoms with van der Waals surface area (Å²) in [5.41, 5.74) is 2.96. The second-order valence-corrected chi connectivity index (χ2v) is 6.20. The van der Waals surface area contributed by atoms with E-state index in [2.05, 4.69) is 10.5 Å². The third-order valence-electron chi connectivity index (χ3n) is 3.71. The molecule has 2 aromatic carbocycles. The molecule has 8 nitrogen and oxygen atoms in total. The molecule has 1 heterocycles. The maximum absolute atomic E-state index is 12.0. The number of hydrogen-bond donors (Lipinski definition) is 1. The molecule has 1 aromatic heterocycles.